The van der Waals surface area contributed by atoms with Crippen molar-refractivity contribution in [2.75, 3.05) is 5.32 Å². The van der Waals surface area contributed by atoms with Crippen LogP contribution in [0.2, 0.25) is 0 Å². The lowest BCUT2D eigenvalue weighted by atomic mass is 10.2. The normalized spacial score (nSPS) is 12.1. The highest BCUT2D eigenvalue weighted by atomic mass is 127. The quantitative estimate of drug-likeness (QED) is 0.303. The van der Waals surface area contributed by atoms with Crippen LogP contribution < -0.4 is 22.0 Å². The van der Waals surface area contributed by atoms with Gasteiger partial charge in [0, 0.05) is 9.13 Å². The average Bonchev–Trinajstić information content (AvgIpc) is 2.51. The topological polar surface area (TPSA) is 132 Å². The fraction of sp³-hybridized carbons (Fsp3) is 0.154. The summed E-state index contributed by atoms with van der Waals surface area (Å²) in [5.74, 6) is -0.617. The number of carbonyl (C=O) groups excluding carboxylic acids is 1. The van der Waals surface area contributed by atoms with Crippen molar-refractivity contribution in [1.82, 2.24) is 20.6 Å². The molecular weight excluding hydrogens is 415 g/mol. The Morgan fingerprint density at radius 3 is 2.83 bits per heavy atom. The molecule has 9 nitrogen and oxygen atoms in total. The van der Waals surface area contributed by atoms with E-state index < -0.39 is 23.2 Å². The van der Waals surface area contributed by atoms with Crippen LogP contribution in [-0.4, -0.2) is 33.3 Å². The first-order chi connectivity index (χ1) is 11.0. The van der Waals surface area contributed by atoms with Crippen molar-refractivity contribution in [2.24, 2.45) is 5.10 Å². The molecule has 23 heavy (non-hydrogen) atoms. The van der Waals surface area contributed by atoms with Gasteiger partial charge in [0.2, 0.25) is 5.82 Å². The lowest BCUT2D eigenvalue weighted by molar-refractivity contribution is -0.121. The Morgan fingerprint density at radius 1 is 1.39 bits per heavy atom. The molecule has 1 unspecified atom stereocenters. The molecule has 1 aromatic carbocycles. The van der Waals surface area contributed by atoms with Crippen LogP contribution in [0.1, 0.15) is 12.5 Å². The zero-order valence-electron chi connectivity index (χ0n) is 12.0. The summed E-state index contributed by atoms with van der Waals surface area (Å²) in [5, 5.41) is 12.1. The van der Waals surface area contributed by atoms with Crippen LogP contribution in [0.15, 0.2) is 39.0 Å². The van der Waals surface area contributed by atoms with Gasteiger partial charge in [-0.1, -0.05) is 18.2 Å². The number of hydrogen-bond donors (Lipinski definition) is 4. The molecule has 2 aromatic rings. The largest absolute Gasteiger partial charge is 0.353 e. The number of hydrogen-bond acceptors (Lipinski definition) is 6. The maximum Gasteiger partial charge on any atom is 0.342 e. The van der Waals surface area contributed by atoms with Gasteiger partial charge in [0.25, 0.3) is 11.5 Å². The van der Waals surface area contributed by atoms with E-state index in [1.165, 1.54) is 13.1 Å². The van der Waals surface area contributed by atoms with Gasteiger partial charge in [-0.2, -0.15) is 5.10 Å². The number of aromatic amines is 2. The molecule has 0 bridgehead atoms. The number of nitrogens with zero attached hydrogens (tertiary/aromatic N) is 2. The smallest absolute Gasteiger partial charge is 0.342 e. The molecule has 1 atom stereocenters. The SMILES string of the molecule is CC(Nc1n[nH]c(=O)[nH]c1=O)C(=O)N/N=C/c1ccccc1I. The van der Waals surface area contributed by atoms with Crippen molar-refractivity contribution in [3.63, 3.8) is 0 Å². The Hall–Kier alpha value is -2.50. The predicted molar refractivity (Wildman–Crippen MR) is 93.5 cm³/mol. The van der Waals surface area contributed by atoms with E-state index in [4.69, 9.17) is 0 Å². The van der Waals surface area contributed by atoms with E-state index in [2.05, 4.69) is 48.6 Å². The second-order valence-electron chi connectivity index (χ2n) is 4.48. The molecular formula is C13H13IN6O3. The fourth-order valence-corrected chi connectivity index (χ4v) is 2.08. The van der Waals surface area contributed by atoms with E-state index in [9.17, 15) is 14.4 Å². The molecule has 1 heterocycles. The fourth-order valence-electron chi connectivity index (χ4n) is 1.56. The lowest BCUT2D eigenvalue weighted by Gasteiger charge is -2.11. The Bertz CT molecular complexity index is 844. The van der Waals surface area contributed by atoms with Crippen LogP contribution in [0.5, 0.6) is 0 Å². The molecule has 0 spiro atoms. The Labute approximate surface area is 143 Å². The molecule has 0 saturated heterocycles. The van der Waals surface area contributed by atoms with Crippen molar-refractivity contribution in [1.29, 1.82) is 0 Å². The Kier molecular flexibility index (Phi) is 5.62. The standard InChI is InChI=1S/C13H13IN6O3/c1-7(16-10-12(22)17-13(23)20-18-10)11(21)19-15-6-8-4-2-3-5-9(8)14/h2-7H,1H3,(H,16,18)(H,19,21)(H2,17,20,22,23)/b15-6+. The van der Waals surface area contributed by atoms with E-state index in [1.54, 1.807) is 0 Å². The van der Waals surface area contributed by atoms with Crippen LogP contribution in [0.3, 0.4) is 0 Å². The van der Waals surface area contributed by atoms with E-state index in [1.807, 2.05) is 29.2 Å². The molecule has 0 aliphatic rings. The summed E-state index contributed by atoms with van der Waals surface area (Å²) in [6.07, 6.45) is 1.53. The number of anilines is 1. The van der Waals surface area contributed by atoms with Crippen LogP contribution in [0.25, 0.3) is 0 Å². The molecule has 2 rings (SSSR count). The molecule has 0 aliphatic heterocycles. The number of benzene rings is 1. The molecule has 1 amide bonds. The van der Waals surface area contributed by atoms with Crippen molar-refractivity contribution in [3.05, 3.63) is 54.2 Å². The molecule has 4 N–H and O–H groups in total. The summed E-state index contributed by atoms with van der Waals surface area (Å²) in [5.41, 5.74) is 1.80. The van der Waals surface area contributed by atoms with Gasteiger partial charge in [-0.15, -0.1) is 5.10 Å². The minimum Gasteiger partial charge on any atom is -0.353 e. The number of H-pyrrole nitrogens is 2. The molecule has 10 heteroatoms. The molecule has 1 aromatic heterocycles. The number of hydrazone groups is 1. The summed E-state index contributed by atoms with van der Waals surface area (Å²) in [7, 11) is 0. The third kappa shape index (κ3) is 4.74. The number of rotatable bonds is 5. The highest BCUT2D eigenvalue weighted by Crippen LogP contribution is 2.08. The number of amides is 1. The van der Waals surface area contributed by atoms with Gasteiger partial charge in [-0.25, -0.2) is 15.3 Å². The first-order valence-corrected chi connectivity index (χ1v) is 7.58. The second kappa shape index (κ2) is 7.67. The predicted octanol–water partition coefficient (Wildman–Crippen LogP) is 0.0135. The summed E-state index contributed by atoms with van der Waals surface area (Å²) in [6.45, 7) is 1.53. The minimum absolute atomic E-state index is 0.158. The first-order valence-electron chi connectivity index (χ1n) is 6.50. The van der Waals surface area contributed by atoms with Gasteiger partial charge in [0.05, 0.1) is 6.21 Å². The highest BCUT2D eigenvalue weighted by Gasteiger charge is 2.14. The van der Waals surface area contributed by atoms with Crippen molar-refractivity contribution >= 4 is 40.5 Å². The van der Waals surface area contributed by atoms with E-state index in [0.717, 1.165) is 9.13 Å². The van der Waals surface area contributed by atoms with Gasteiger partial charge < -0.3 is 5.32 Å². The van der Waals surface area contributed by atoms with Gasteiger partial charge in [-0.05, 0) is 35.6 Å². The van der Waals surface area contributed by atoms with Gasteiger partial charge in [-0.3, -0.25) is 14.6 Å². The Morgan fingerprint density at radius 2 is 2.13 bits per heavy atom. The number of aromatic nitrogens is 3. The van der Waals surface area contributed by atoms with Gasteiger partial charge in [0.1, 0.15) is 6.04 Å². The number of halogens is 1. The number of nitrogens with one attached hydrogen (secondary N) is 4. The molecule has 0 fully saturated rings. The lowest BCUT2D eigenvalue weighted by Crippen LogP contribution is -2.38. The van der Waals surface area contributed by atoms with Crippen LogP contribution in [-0.2, 0) is 4.79 Å². The maximum atomic E-state index is 11.9. The van der Waals surface area contributed by atoms with Crippen LogP contribution in [0, 0.1) is 3.57 Å². The summed E-state index contributed by atoms with van der Waals surface area (Å²) in [4.78, 5) is 36.2. The number of carbonyl (C=O) groups is 1. The van der Waals surface area contributed by atoms with Crippen LogP contribution in [0.4, 0.5) is 5.82 Å². The summed E-state index contributed by atoms with van der Waals surface area (Å²) >= 11 is 2.16. The summed E-state index contributed by atoms with van der Waals surface area (Å²) < 4.78 is 0.998. The average molecular weight is 428 g/mol. The third-order valence-corrected chi connectivity index (χ3v) is 3.72. The third-order valence-electron chi connectivity index (χ3n) is 2.74. The Balaban J connectivity index is 1.96. The van der Waals surface area contributed by atoms with Gasteiger partial charge in [0.15, 0.2) is 0 Å². The highest BCUT2D eigenvalue weighted by molar-refractivity contribution is 14.1. The maximum absolute atomic E-state index is 11.9. The molecule has 0 aliphatic carbocycles. The van der Waals surface area contributed by atoms with Crippen molar-refractivity contribution < 1.29 is 4.79 Å². The molecule has 0 radical (unpaired) electrons. The van der Waals surface area contributed by atoms with Crippen molar-refractivity contribution in [3.8, 4) is 0 Å². The molecule has 0 saturated carbocycles. The van der Waals surface area contributed by atoms with E-state index in [-0.39, 0.29) is 5.82 Å². The zero-order chi connectivity index (χ0) is 16.8. The first kappa shape index (κ1) is 16.9. The molecule has 120 valence electrons. The summed E-state index contributed by atoms with van der Waals surface area (Å²) in [6, 6.07) is 6.77. The van der Waals surface area contributed by atoms with Crippen molar-refractivity contribution in [2.45, 2.75) is 13.0 Å². The second-order valence-corrected chi connectivity index (χ2v) is 5.64. The van der Waals surface area contributed by atoms with Gasteiger partial charge >= 0.3 is 5.69 Å². The van der Waals surface area contributed by atoms with Crippen LogP contribution >= 0.6 is 22.6 Å². The van der Waals surface area contributed by atoms with E-state index in [0.29, 0.717) is 0 Å². The zero-order valence-corrected chi connectivity index (χ0v) is 14.1. The van der Waals surface area contributed by atoms with E-state index >= 15 is 0 Å². The monoisotopic (exact) mass is 428 g/mol. The minimum atomic E-state index is -0.776.